The van der Waals surface area contributed by atoms with Crippen LogP contribution in [0.4, 0.5) is 0 Å². The molecule has 2 aliphatic rings. The molecule has 2 nitrogen and oxygen atoms in total. The van der Waals surface area contributed by atoms with Gasteiger partial charge in [0.05, 0.1) is 5.91 Å². The van der Waals surface area contributed by atoms with Crippen LogP contribution in [-0.4, -0.2) is 5.91 Å². The fourth-order valence-electron chi connectivity index (χ4n) is 3.10. The number of halogens is 2. The predicted octanol–water partition coefficient (Wildman–Crippen LogP) is -1.25. The van der Waals surface area contributed by atoms with E-state index in [0.717, 1.165) is 23.1 Å². The van der Waals surface area contributed by atoms with Gasteiger partial charge in [-0.1, -0.05) is 55.5 Å². The van der Waals surface area contributed by atoms with E-state index in [1.807, 2.05) is 18.2 Å². The van der Waals surface area contributed by atoms with Crippen molar-refractivity contribution < 1.29 is 51.3 Å². The summed E-state index contributed by atoms with van der Waals surface area (Å²) in [6.45, 7) is 8.35. The van der Waals surface area contributed by atoms with E-state index in [-0.39, 0.29) is 52.4 Å². The van der Waals surface area contributed by atoms with Crippen molar-refractivity contribution in [3.63, 3.8) is 0 Å². The summed E-state index contributed by atoms with van der Waals surface area (Å²) >= 11 is 0. The zero-order valence-electron chi connectivity index (χ0n) is 13.6. The summed E-state index contributed by atoms with van der Waals surface area (Å²) in [4.78, 5) is 11.7. The Morgan fingerprint density at radius 2 is 1.96 bits per heavy atom. The average Bonchev–Trinajstić information content (AvgIpc) is 2.81. The Morgan fingerprint density at radius 1 is 1.29 bits per heavy atom. The molecule has 1 amide bonds. The smallest absolute Gasteiger partial charge is 1.00 e. The maximum Gasteiger partial charge on any atom is 3.00 e. The molecule has 2 aliphatic carbocycles. The first-order valence-electron chi connectivity index (χ1n) is 7.16. The van der Waals surface area contributed by atoms with E-state index in [4.69, 9.17) is 5.73 Å². The number of allylic oxidation sites excluding steroid dienone is 4. The minimum Gasteiger partial charge on any atom is -1.00 e. The number of hydrogen-bond acceptors (Lipinski definition) is 1. The number of hydrogen-bond donors (Lipinski definition) is 0. The molecule has 24 heavy (non-hydrogen) atoms. The second-order valence-electron chi connectivity index (χ2n) is 5.84. The Bertz CT molecular complexity index is 763. The van der Waals surface area contributed by atoms with E-state index in [1.54, 1.807) is 6.08 Å². The van der Waals surface area contributed by atoms with Crippen molar-refractivity contribution in [2.24, 2.45) is 5.92 Å². The number of fused-ring (bicyclic) bond motifs is 1. The van der Waals surface area contributed by atoms with Crippen molar-refractivity contribution in [3.8, 4) is 0 Å². The molecular weight excluding hydrogens is 377 g/mol. The van der Waals surface area contributed by atoms with Crippen LogP contribution in [-0.2, 0) is 32.9 Å². The second-order valence-corrected chi connectivity index (χ2v) is 5.84. The van der Waals surface area contributed by atoms with Crippen LogP contribution in [0, 0.1) is 5.92 Å². The summed E-state index contributed by atoms with van der Waals surface area (Å²) in [5.74, 6) is -0.462. The number of carbonyl (C=O) groups is 1. The van der Waals surface area contributed by atoms with Gasteiger partial charge in [-0.15, -0.1) is 0 Å². The number of benzene rings is 1. The van der Waals surface area contributed by atoms with Crippen molar-refractivity contribution in [3.05, 3.63) is 76.1 Å². The molecular formula is C19H18Cl2NOTi. The van der Waals surface area contributed by atoms with Crippen molar-refractivity contribution in [1.82, 2.24) is 0 Å². The van der Waals surface area contributed by atoms with E-state index in [2.05, 4.69) is 32.6 Å². The van der Waals surface area contributed by atoms with Gasteiger partial charge in [0.1, 0.15) is 0 Å². The number of carbonyl (C=O) groups excluding carboxylic acids is 1. The van der Waals surface area contributed by atoms with Crippen molar-refractivity contribution in [1.29, 1.82) is 0 Å². The molecule has 0 fully saturated rings. The number of rotatable bonds is 2. The van der Waals surface area contributed by atoms with Gasteiger partial charge in [-0.3, -0.25) is 0 Å². The molecule has 3 rings (SSSR count). The van der Waals surface area contributed by atoms with Gasteiger partial charge >= 0.3 is 21.7 Å². The molecule has 0 spiro atoms. The van der Waals surface area contributed by atoms with Crippen LogP contribution in [0.25, 0.3) is 17.4 Å². The zero-order valence-corrected chi connectivity index (χ0v) is 16.7. The van der Waals surface area contributed by atoms with Crippen molar-refractivity contribution >= 4 is 17.6 Å². The van der Waals surface area contributed by atoms with E-state index in [9.17, 15) is 4.79 Å². The molecule has 1 aromatic carbocycles. The molecule has 0 bridgehead atoms. The normalized spacial score (nSPS) is 18.0. The molecule has 5 heteroatoms. The van der Waals surface area contributed by atoms with Crippen molar-refractivity contribution in [2.75, 3.05) is 0 Å². The van der Waals surface area contributed by atoms with Gasteiger partial charge in [0.15, 0.2) is 0 Å². The monoisotopic (exact) mass is 394 g/mol. The van der Waals surface area contributed by atoms with Gasteiger partial charge < -0.3 is 35.3 Å². The molecule has 1 aromatic rings. The molecule has 0 saturated heterocycles. The molecule has 0 saturated carbocycles. The summed E-state index contributed by atoms with van der Waals surface area (Å²) in [5.41, 5.74) is 14.6. The fourth-order valence-corrected chi connectivity index (χ4v) is 3.10. The van der Waals surface area contributed by atoms with Gasteiger partial charge in [-0.25, -0.2) is 0 Å². The van der Waals surface area contributed by atoms with Crippen molar-refractivity contribution in [2.45, 2.75) is 20.3 Å². The van der Waals surface area contributed by atoms with Crippen LogP contribution in [0.3, 0.4) is 0 Å². The Morgan fingerprint density at radius 3 is 2.58 bits per heavy atom. The molecule has 1 radical (unpaired) electrons. The average molecular weight is 395 g/mol. The molecule has 1 N–H and O–H groups in total. The Balaban J connectivity index is 0.00000176. The maximum atomic E-state index is 11.7. The third-order valence-corrected chi connectivity index (χ3v) is 4.26. The van der Waals surface area contributed by atoms with Gasteiger partial charge in [0.2, 0.25) is 0 Å². The quantitative estimate of drug-likeness (QED) is 0.577. The number of nitrogens with one attached hydrogen (secondary N) is 1. The third-order valence-electron chi connectivity index (χ3n) is 4.26. The summed E-state index contributed by atoms with van der Waals surface area (Å²) in [6, 6.07) is 6.18. The third kappa shape index (κ3) is 3.95. The molecule has 123 valence electrons. The minimum atomic E-state index is -0.648. The SMILES string of the molecule is C=C1C(c2cccc3c2C=C(C)C3)=C(C([NH-])=O)C=CC1C.[Cl-].[Cl-].[Ti+3]. The molecule has 1 atom stereocenters. The summed E-state index contributed by atoms with van der Waals surface area (Å²) in [5, 5.41) is 0. The maximum absolute atomic E-state index is 11.7. The fraction of sp³-hybridized carbons (Fsp3) is 0.211. The second kappa shape index (κ2) is 8.87. The Labute approximate surface area is 170 Å². The first kappa shape index (κ1) is 22.9. The minimum absolute atomic E-state index is 0. The van der Waals surface area contributed by atoms with E-state index in [0.29, 0.717) is 5.57 Å². The van der Waals surface area contributed by atoms with Crippen LogP contribution in [0.5, 0.6) is 0 Å². The Hall–Kier alpha value is -1.06. The predicted molar refractivity (Wildman–Crippen MR) is 87.5 cm³/mol. The first-order valence-corrected chi connectivity index (χ1v) is 7.16. The summed E-state index contributed by atoms with van der Waals surface area (Å²) in [6.07, 6.45) is 6.85. The van der Waals surface area contributed by atoms with Crippen LogP contribution in [0.1, 0.15) is 30.5 Å². The van der Waals surface area contributed by atoms with Crippen LogP contribution in [0.2, 0.25) is 0 Å². The number of amides is 1. The van der Waals surface area contributed by atoms with Gasteiger partial charge in [-0.2, -0.15) is 0 Å². The van der Waals surface area contributed by atoms with Crippen LogP contribution in [0.15, 0.2) is 53.6 Å². The van der Waals surface area contributed by atoms with E-state index < -0.39 is 5.91 Å². The first-order chi connectivity index (χ1) is 9.99. The van der Waals surface area contributed by atoms with Crippen LogP contribution < -0.4 is 24.8 Å². The largest absolute Gasteiger partial charge is 3.00 e. The summed E-state index contributed by atoms with van der Waals surface area (Å²) < 4.78 is 0. The van der Waals surface area contributed by atoms with Gasteiger partial charge in [0.25, 0.3) is 0 Å². The van der Waals surface area contributed by atoms with Gasteiger partial charge in [0, 0.05) is 5.57 Å². The summed E-state index contributed by atoms with van der Waals surface area (Å²) in [7, 11) is 0. The van der Waals surface area contributed by atoms with Crippen LogP contribution >= 0.6 is 0 Å². The molecule has 1 unspecified atom stereocenters. The molecule has 0 aromatic heterocycles. The molecule has 0 heterocycles. The molecule has 0 aliphatic heterocycles. The Kier molecular flexibility index (Phi) is 8.48. The topological polar surface area (TPSA) is 40.9 Å². The van der Waals surface area contributed by atoms with E-state index in [1.165, 1.54) is 16.7 Å². The van der Waals surface area contributed by atoms with E-state index >= 15 is 0 Å². The zero-order chi connectivity index (χ0) is 15.1. The standard InChI is InChI=1S/C19H19NO.2ClH.Ti/c1-11-9-14-5-4-6-15(17(14)10-11)18-13(3)12(2)7-8-16(18)19(20)21;;;/h4-8,10,12H,3,9H2,1-2H3,(H2,20,21);2*1H;/q;;;+3/p-3. The van der Waals surface area contributed by atoms with Gasteiger partial charge in [-0.05, 0) is 47.1 Å².